The van der Waals surface area contributed by atoms with E-state index in [1.54, 1.807) is 0 Å². The molecule has 9 heteroatoms. The molecule has 0 bridgehead atoms. The van der Waals surface area contributed by atoms with Crippen molar-refractivity contribution in [3.05, 3.63) is 67.5 Å². The van der Waals surface area contributed by atoms with E-state index in [-0.39, 0.29) is 24.0 Å². The summed E-state index contributed by atoms with van der Waals surface area (Å²) in [6.07, 6.45) is -3.61. The van der Waals surface area contributed by atoms with Gasteiger partial charge >= 0.3 is 17.8 Å². The SMILES string of the molecule is O=C(O)c1c[nH]c(=O)n([C@@H]2CCc3c2cccc3C(F)(F)F)c1=O. The van der Waals surface area contributed by atoms with Crippen LogP contribution in [-0.4, -0.2) is 20.6 Å². The van der Waals surface area contributed by atoms with Gasteiger partial charge in [0.2, 0.25) is 0 Å². The van der Waals surface area contributed by atoms with Gasteiger partial charge in [0.05, 0.1) is 11.6 Å². The van der Waals surface area contributed by atoms with Gasteiger partial charge < -0.3 is 10.1 Å². The van der Waals surface area contributed by atoms with Crippen LogP contribution in [0.5, 0.6) is 0 Å². The number of aromatic nitrogens is 2. The molecule has 1 aromatic heterocycles. The first-order chi connectivity index (χ1) is 11.2. The maximum atomic E-state index is 13.1. The summed E-state index contributed by atoms with van der Waals surface area (Å²) in [5, 5.41) is 8.99. The molecule has 1 aromatic carbocycles. The highest BCUT2D eigenvalue weighted by Gasteiger charge is 2.38. The average Bonchev–Trinajstić information content (AvgIpc) is 2.89. The second-order valence-corrected chi connectivity index (χ2v) is 5.41. The van der Waals surface area contributed by atoms with Gasteiger partial charge in [0.15, 0.2) is 0 Å². The van der Waals surface area contributed by atoms with E-state index < -0.39 is 40.6 Å². The second-order valence-electron chi connectivity index (χ2n) is 5.41. The molecule has 0 radical (unpaired) electrons. The van der Waals surface area contributed by atoms with Gasteiger partial charge in [-0.1, -0.05) is 12.1 Å². The Hall–Kier alpha value is -2.84. The van der Waals surface area contributed by atoms with Crippen LogP contribution in [-0.2, 0) is 12.6 Å². The van der Waals surface area contributed by atoms with Gasteiger partial charge in [0.25, 0.3) is 5.56 Å². The number of benzene rings is 1. The Morgan fingerprint density at radius 3 is 2.62 bits per heavy atom. The van der Waals surface area contributed by atoms with Crippen molar-refractivity contribution < 1.29 is 23.1 Å². The number of alkyl halides is 3. The Bertz CT molecular complexity index is 943. The lowest BCUT2D eigenvalue weighted by molar-refractivity contribution is -0.138. The van der Waals surface area contributed by atoms with Gasteiger partial charge in [0, 0.05) is 6.20 Å². The molecule has 0 spiro atoms. The third kappa shape index (κ3) is 2.41. The average molecular weight is 340 g/mol. The van der Waals surface area contributed by atoms with Gasteiger partial charge in [-0.2, -0.15) is 13.2 Å². The first kappa shape index (κ1) is 16.0. The van der Waals surface area contributed by atoms with Gasteiger partial charge in [0.1, 0.15) is 5.56 Å². The normalized spacial score (nSPS) is 16.9. The van der Waals surface area contributed by atoms with Gasteiger partial charge in [-0.25, -0.2) is 9.59 Å². The quantitative estimate of drug-likeness (QED) is 0.872. The summed E-state index contributed by atoms with van der Waals surface area (Å²) in [6.45, 7) is 0. The van der Waals surface area contributed by atoms with Gasteiger partial charge in [-0.3, -0.25) is 9.36 Å². The fourth-order valence-electron chi connectivity index (χ4n) is 3.09. The fraction of sp³-hybridized carbons (Fsp3) is 0.267. The van der Waals surface area contributed by atoms with Crippen molar-refractivity contribution in [3.8, 4) is 0 Å². The molecule has 24 heavy (non-hydrogen) atoms. The van der Waals surface area contributed by atoms with E-state index in [1.165, 1.54) is 12.1 Å². The standard InChI is InChI=1S/C15H11F3N2O4/c16-15(17,18)10-3-1-2-8-7(10)4-5-11(8)20-12(21)9(13(22)23)6-19-14(20)24/h1-3,6,11H,4-5H2,(H,19,24)(H,22,23)/t11-/m1/s1. The van der Waals surface area contributed by atoms with Crippen molar-refractivity contribution >= 4 is 5.97 Å². The number of nitrogens with one attached hydrogen (secondary N) is 1. The Morgan fingerprint density at radius 1 is 1.29 bits per heavy atom. The van der Waals surface area contributed by atoms with E-state index in [2.05, 4.69) is 4.98 Å². The topological polar surface area (TPSA) is 92.2 Å². The van der Waals surface area contributed by atoms with E-state index in [1.807, 2.05) is 0 Å². The van der Waals surface area contributed by atoms with E-state index >= 15 is 0 Å². The van der Waals surface area contributed by atoms with Gasteiger partial charge in [-0.15, -0.1) is 0 Å². The largest absolute Gasteiger partial charge is 0.477 e. The summed E-state index contributed by atoms with van der Waals surface area (Å²) in [5.41, 5.74) is -3.11. The number of fused-ring (bicyclic) bond motifs is 1. The predicted octanol–water partition coefficient (Wildman–Crippen LogP) is 1.79. The molecule has 1 atom stereocenters. The van der Waals surface area contributed by atoms with E-state index in [0.717, 1.165) is 12.3 Å². The van der Waals surface area contributed by atoms with E-state index in [0.29, 0.717) is 4.57 Å². The molecule has 6 nitrogen and oxygen atoms in total. The molecule has 0 aliphatic heterocycles. The lowest BCUT2D eigenvalue weighted by atomic mass is 10.0. The summed E-state index contributed by atoms with van der Waals surface area (Å²) in [6, 6.07) is 2.64. The minimum absolute atomic E-state index is 0.0297. The number of H-pyrrole nitrogens is 1. The molecule has 126 valence electrons. The van der Waals surface area contributed by atoms with Crippen LogP contribution in [0.1, 0.15) is 39.5 Å². The minimum atomic E-state index is -4.54. The van der Waals surface area contributed by atoms with Crippen LogP contribution < -0.4 is 11.2 Å². The molecule has 2 aromatic rings. The molecule has 3 rings (SSSR count). The van der Waals surface area contributed by atoms with Crippen LogP contribution in [0.25, 0.3) is 0 Å². The van der Waals surface area contributed by atoms with Crippen LogP contribution in [0.15, 0.2) is 34.0 Å². The predicted molar refractivity (Wildman–Crippen MR) is 76.2 cm³/mol. The van der Waals surface area contributed by atoms with E-state index in [9.17, 15) is 27.6 Å². The highest BCUT2D eigenvalue weighted by molar-refractivity contribution is 5.86. The summed E-state index contributed by atoms with van der Waals surface area (Å²) in [5.74, 6) is -1.52. The Morgan fingerprint density at radius 2 is 2.00 bits per heavy atom. The molecule has 0 amide bonds. The Kier molecular flexibility index (Phi) is 3.58. The van der Waals surface area contributed by atoms with Crippen molar-refractivity contribution in [1.29, 1.82) is 0 Å². The van der Waals surface area contributed by atoms with Crippen LogP contribution in [0.3, 0.4) is 0 Å². The fourth-order valence-corrected chi connectivity index (χ4v) is 3.09. The Labute approximate surface area is 132 Å². The number of hydrogen-bond acceptors (Lipinski definition) is 3. The molecular weight excluding hydrogens is 329 g/mol. The number of carbonyl (C=O) groups is 1. The minimum Gasteiger partial charge on any atom is -0.477 e. The third-order valence-corrected chi connectivity index (χ3v) is 4.09. The first-order valence-electron chi connectivity index (χ1n) is 6.98. The van der Waals surface area contributed by atoms with Crippen molar-refractivity contribution in [2.45, 2.75) is 25.1 Å². The summed E-state index contributed by atoms with van der Waals surface area (Å²) in [4.78, 5) is 37.4. The number of aromatic amines is 1. The molecule has 1 aliphatic rings. The first-order valence-corrected chi connectivity index (χ1v) is 6.98. The maximum Gasteiger partial charge on any atom is 0.416 e. The number of hydrogen-bond donors (Lipinski definition) is 2. The van der Waals surface area contributed by atoms with Crippen LogP contribution in [0.2, 0.25) is 0 Å². The van der Waals surface area contributed by atoms with Crippen molar-refractivity contribution in [1.82, 2.24) is 9.55 Å². The molecule has 1 aliphatic carbocycles. The van der Waals surface area contributed by atoms with Crippen molar-refractivity contribution in [2.24, 2.45) is 0 Å². The zero-order valence-corrected chi connectivity index (χ0v) is 12.1. The summed E-state index contributed by atoms with van der Waals surface area (Å²) in [7, 11) is 0. The van der Waals surface area contributed by atoms with Crippen LogP contribution >= 0.6 is 0 Å². The monoisotopic (exact) mass is 340 g/mol. The third-order valence-electron chi connectivity index (χ3n) is 4.09. The molecule has 0 saturated heterocycles. The summed E-state index contributed by atoms with van der Waals surface area (Å²) >= 11 is 0. The van der Waals surface area contributed by atoms with Gasteiger partial charge in [-0.05, 0) is 30.0 Å². The highest BCUT2D eigenvalue weighted by Crippen LogP contribution is 2.41. The molecule has 1 heterocycles. The lowest BCUT2D eigenvalue weighted by Gasteiger charge is -2.16. The molecule has 0 saturated carbocycles. The number of carboxylic acid groups (broad SMARTS) is 1. The number of aromatic carboxylic acids is 1. The second kappa shape index (κ2) is 5.36. The van der Waals surface area contributed by atoms with E-state index in [4.69, 9.17) is 5.11 Å². The number of rotatable bonds is 2. The number of carboxylic acids is 1. The number of halogens is 3. The number of nitrogens with zero attached hydrogens (tertiary/aromatic N) is 1. The zero-order chi connectivity index (χ0) is 17.6. The zero-order valence-electron chi connectivity index (χ0n) is 12.1. The molecule has 0 fully saturated rings. The molecule has 2 N–H and O–H groups in total. The van der Waals surface area contributed by atoms with Crippen molar-refractivity contribution in [2.75, 3.05) is 0 Å². The summed E-state index contributed by atoms with van der Waals surface area (Å²) < 4.78 is 39.9. The molecular formula is C15H11F3N2O4. The Balaban J connectivity index is 2.21. The molecule has 0 unspecified atom stereocenters. The lowest BCUT2D eigenvalue weighted by Crippen LogP contribution is -2.40. The van der Waals surface area contributed by atoms with Crippen LogP contribution in [0, 0.1) is 0 Å². The maximum absolute atomic E-state index is 13.1. The van der Waals surface area contributed by atoms with Crippen molar-refractivity contribution in [3.63, 3.8) is 0 Å². The van der Waals surface area contributed by atoms with Crippen LogP contribution in [0.4, 0.5) is 13.2 Å². The highest BCUT2D eigenvalue weighted by atomic mass is 19.4. The smallest absolute Gasteiger partial charge is 0.416 e.